The van der Waals surface area contributed by atoms with E-state index in [9.17, 15) is 18.0 Å². The number of amides is 1. The monoisotopic (exact) mass is 418 g/mol. The van der Waals surface area contributed by atoms with Crippen LogP contribution in [-0.2, 0) is 6.18 Å². The highest BCUT2D eigenvalue weighted by Gasteiger charge is 2.30. The third kappa shape index (κ3) is 4.89. The Labute approximate surface area is 165 Å². The molecule has 10 heteroatoms. The van der Waals surface area contributed by atoms with Crippen LogP contribution >= 0.6 is 8.86 Å². The van der Waals surface area contributed by atoms with Crippen LogP contribution in [0.5, 0.6) is 11.5 Å². The second-order valence-corrected chi connectivity index (χ2v) is 6.05. The zero-order chi connectivity index (χ0) is 21.0. The Bertz CT molecular complexity index is 1070. The van der Waals surface area contributed by atoms with Crippen LogP contribution in [0.15, 0.2) is 54.9 Å². The number of rotatable bonds is 5. The van der Waals surface area contributed by atoms with E-state index in [0.717, 1.165) is 18.3 Å². The first kappa shape index (κ1) is 20.3. The molecule has 0 saturated carbocycles. The number of nitrogens with zero attached hydrogens (tertiary/aromatic N) is 2. The van der Waals surface area contributed by atoms with Crippen molar-refractivity contribution in [3.63, 3.8) is 0 Å². The van der Waals surface area contributed by atoms with E-state index in [1.807, 2.05) is 0 Å². The van der Waals surface area contributed by atoms with Gasteiger partial charge in [-0.15, -0.1) is 8.86 Å². The van der Waals surface area contributed by atoms with Gasteiger partial charge in [0.25, 0.3) is 5.91 Å². The largest absolute Gasteiger partial charge is 0.457 e. The Morgan fingerprint density at radius 3 is 2.62 bits per heavy atom. The van der Waals surface area contributed by atoms with Gasteiger partial charge >= 0.3 is 6.18 Å². The Morgan fingerprint density at radius 2 is 1.90 bits per heavy atom. The van der Waals surface area contributed by atoms with Crippen LogP contribution in [0, 0.1) is 0 Å². The van der Waals surface area contributed by atoms with Crippen LogP contribution in [0.1, 0.15) is 21.5 Å². The van der Waals surface area contributed by atoms with Crippen molar-refractivity contribution >= 4 is 32.2 Å². The predicted octanol–water partition coefficient (Wildman–Crippen LogP) is 4.42. The lowest BCUT2D eigenvalue weighted by Gasteiger charge is -2.11. The topological polar surface area (TPSA) is 90.1 Å². The molecule has 0 bridgehead atoms. The number of aromatic nitrogens is 2. The molecule has 3 rings (SSSR count). The summed E-state index contributed by atoms with van der Waals surface area (Å²) >= 11 is 0. The maximum atomic E-state index is 12.8. The normalized spacial score (nSPS) is 11.0. The van der Waals surface area contributed by atoms with E-state index in [2.05, 4.69) is 24.1 Å². The molecule has 0 aliphatic heterocycles. The molecule has 0 spiro atoms. The number of carbonyl (C=O) groups excluding carboxylic acids is 1. The predicted molar refractivity (Wildman–Crippen MR) is 106 cm³/mol. The molecule has 6 nitrogen and oxygen atoms in total. The molecule has 3 N–H and O–H groups in total. The molecule has 29 heavy (non-hydrogen) atoms. The number of alkyl halides is 3. The van der Waals surface area contributed by atoms with E-state index >= 15 is 0 Å². The summed E-state index contributed by atoms with van der Waals surface area (Å²) in [5.74, 6) is 1.69. The van der Waals surface area contributed by atoms with E-state index in [-0.39, 0.29) is 17.2 Å². The SMILES string of the molecule is Nc1nccc(Oc2cccc(C(=O)Nc3cc(C(F)(F)F)ccn3)c2)c1C=P. The Morgan fingerprint density at radius 1 is 1.14 bits per heavy atom. The number of hydrogen-bond acceptors (Lipinski definition) is 5. The fraction of sp³-hybridized carbons (Fsp3) is 0.0526. The number of nitrogen functional groups attached to an aromatic ring is 1. The van der Waals surface area contributed by atoms with Crippen LogP contribution in [0.3, 0.4) is 0 Å². The number of anilines is 2. The highest BCUT2D eigenvalue weighted by molar-refractivity contribution is 7.19. The quantitative estimate of drug-likeness (QED) is 0.599. The first-order chi connectivity index (χ1) is 13.8. The molecule has 1 amide bonds. The summed E-state index contributed by atoms with van der Waals surface area (Å²) in [5.41, 5.74) is 5.57. The summed E-state index contributed by atoms with van der Waals surface area (Å²) < 4.78 is 44.2. The molecule has 0 aliphatic rings. The van der Waals surface area contributed by atoms with Gasteiger partial charge in [-0.1, -0.05) is 6.07 Å². The number of nitrogens with two attached hydrogens (primary N) is 1. The van der Waals surface area contributed by atoms with Gasteiger partial charge < -0.3 is 15.8 Å². The second kappa shape index (κ2) is 8.28. The van der Waals surface area contributed by atoms with E-state index in [1.165, 1.54) is 18.3 Å². The number of benzene rings is 1. The molecule has 0 aliphatic carbocycles. The van der Waals surface area contributed by atoms with Crippen molar-refractivity contribution in [3.05, 3.63) is 71.5 Å². The number of nitrogens with one attached hydrogen (secondary N) is 1. The number of hydrogen-bond donors (Lipinski definition) is 2. The molecule has 0 fully saturated rings. The second-order valence-electron chi connectivity index (χ2n) is 5.76. The fourth-order valence-corrected chi connectivity index (χ4v) is 2.69. The van der Waals surface area contributed by atoms with Gasteiger partial charge in [0.1, 0.15) is 23.1 Å². The number of ether oxygens (including phenoxy) is 1. The lowest BCUT2D eigenvalue weighted by Crippen LogP contribution is -2.14. The highest BCUT2D eigenvalue weighted by Crippen LogP contribution is 2.30. The summed E-state index contributed by atoms with van der Waals surface area (Å²) in [6, 6.07) is 9.31. The maximum Gasteiger partial charge on any atom is 0.416 e. The first-order valence-corrected chi connectivity index (χ1v) is 8.73. The van der Waals surface area contributed by atoms with Gasteiger partial charge in [-0.05, 0) is 42.2 Å². The van der Waals surface area contributed by atoms with Gasteiger partial charge in [0.2, 0.25) is 0 Å². The number of pyridine rings is 2. The van der Waals surface area contributed by atoms with Crippen LogP contribution < -0.4 is 15.8 Å². The van der Waals surface area contributed by atoms with Crippen LogP contribution in [0.2, 0.25) is 0 Å². The molecule has 148 valence electrons. The molecular weight excluding hydrogens is 404 g/mol. The summed E-state index contributed by atoms with van der Waals surface area (Å²) in [5, 5.41) is 2.34. The van der Waals surface area contributed by atoms with Gasteiger partial charge in [-0.25, -0.2) is 9.97 Å². The molecule has 3 aromatic rings. The first-order valence-electron chi connectivity index (χ1n) is 8.15. The number of halogens is 3. The van der Waals surface area contributed by atoms with Gasteiger partial charge in [0.15, 0.2) is 0 Å². The van der Waals surface area contributed by atoms with Crippen LogP contribution in [0.25, 0.3) is 0 Å². The van der Waals surface area contributed by atoms with Crippen molar-refractivity contribution in [3.8, 4) is 11.5 Å². The molecule has 0 unspecified atom stereocenters. The van der Waals surface area contributed by atoms with Gasteiger partial charge in [0, 0.05) is 18.0 Å². The molecule has 1 aromatic carbocycles. The molecule has 0 atom stereocenters. The van der Waals surface area contributed by atoms with E-state index < -0.39 is 17.6 Å². The lowest BCUT2D eigenvalue weighted by atomic mass is 10.2. The van der Waals surface area contributed by atoms with E-state index in [4.69, 9.17) is 10.5 Å². The van der Waals surface area contributed by atoms with Gasteiger partial charge in [-0.3, -0.25) is 4.79 Å². The van der Waals surface area contributed by atoms with E-state index in [1.54, 1.807) is 24.0 Å². The number of carbonyl (C=O) groups is 1. The Kier molecular flexibility index (Phi) is 5.79. The summed E-state index contributed by atoms with van der Waals surface area (Å²) in [4.78, 5) is 20.1. The summed E-state index contributed by atoms with van der Waals surface area (Å²) in [6.45, 7) is 0. The Hall–Kier alpha value is -3.45. The van der Waals surface area contributed by atoms with Crippen molar-refractivity contribution in [1.82, 2.24) is 9.97 Å². The molecule has 2 aromatic heterocycles. The fourth-order valence-electron chi connectivity index (χ4n) is 2.40. The van der Waals surface area contributed by atoms with Crippen molar-refractivity contribution < 1.29 is 22.7 Å². The van der Waals surface area contributed by atoms with Gasteiger partial charge in [-0.2, -0.15) is 13.2 Å². The average molecular weight is 418 g/mol. The Balaban J connectivity index is 1.80. The molecular formula is C19H14F3N4O2P. The lowest BCUT2D eigenvalue weighted by molar-refractivity contribution is -0.137. The summed E-state index contributed by atoms with van der Waals surface area (Å²) in [7, 11) is 3.24. The van der Waals surface area contributed by atoms with Crippen molar-refractivity contribution in [1.29, 1.82) is 0 Å². The molecule has 2 heterocycles. The van der Waals surface area contributed by atoms with Crippen molar-refractivity contribution in [2.75, 3.05) is 11.1 Å². The third-order valence-electron chi connectivity index (χ3n) is 3.78. The smallest absolute Gasteiger partial charge is 0.416 e. The maximum absolute atomic E-state index is 12.8. The minimum absolute atomic E-state index is 0.174. The van der Waals surface area contributed by atoms with Gasteiger partial charge in [0.05, 0.1) is 11.1 Å². The van der Waals surface area contributed by atoms with Crippen LogP contribution in [0.4, 0.5) is 24.8 Å². The van der Waals surface area contributed by atoms with Crippen molar-refractivity contribution in [2.45, 2.75) is 6.18 Å². The minimum atomic E-state index is -4.54. The zero-order valence-corrected chi connectivity index (χ0v) is 15.7. The molecule has 0 saturated heterocycles. The minimum Gasteiger partial charge on any atom is -0.457 e. The zero-order valence-electron chi connectivity index (χ0n) is 14.7. The van der Waals surface area contributed by atoms with Crippen molar-refractivity contribution in [2.24, 2.45) is 0 Å². The average Bonchev–Trinajstić information content (AvgIpc) is 2.68. The standard InChI is InChI=1S/C19H14F3N4O2P/c20-19(21,22)12-4-6-24-16(9-12)26-18(27)11-2-1-3-13(8-11)28-15-5-7-25-17(23)14(15)10-29/h1-10,29H,(H2,23,25)(H,24,26,27). The van der Waals surface area contributed by atoms with E-state index in [0.29, 0.717) is 17.1 Å². The highest BCUT2D eigenvalue weighted by atomic mass is 31.0. The van der Waals surface area contributed by atoms with Crippen LogP contribution in [-0.4, -0.2) is 21.7 Å². The summed E-state index contributed by atoms with van der Waals surface area (Å²) in [6.07, 6.45) is -2.09. The molecule has 0 radical (unpaired) electrons. The third-order valence-corrected chi connectivity index (χ3v) is 4.07.